The molecule has 1 aliphatic carbocycles. The fraction of sp³-hybridized carbons (Fsp3) is 0.700. The quantitative estimate of drug-likeness (QED) is 0.826. The minimum atomic E-state index is -3.07. The van der Waals surface area contributed by atoms with E-state index in [4.69, 9.17) is 4.74 Å². The number of sulfonamides is 1. The second-order valence-corrected chi connectivity index (χ2v) is 10.7. The highest BCUT2D eigenvalue weighted by atomic mass is 32.2. The van der Waals surface area contributed by atoms with Crippen LogP contribution in [0.4, 0.5) is 0 Å². The first-order valence-electron chi connectivity index (χ1n) is 9.76. The maximum absolute atomic E-state index is 11.9. The fourth-order valence-corrected chi connectivity index (χ4v) is 5.82. The van der Waals surface area contributed by atoms with Crippen molar-refractivity contribution in [1.29, 1.82) is 0 Å². The molecule has 5 nitrogen and oxygen atoms in total. The molecule has 2 heterocycles. The van der Waals surface area contributed by atoms with E-state index in [1.807, 2.05) is 0 Å². The number of aryl methyl sites for hydroxylation is 2. The third-order valence-corrected chi connectivity index (χ3v) is 7.80. The lowest BCUT2D eigenvalue weighted by Gasteiger charge is -2.53. The van der Waals surface area contributed by atoms with Gasteiger partial charge in [-0.25, -0.2) is 13.1 Å². The van der Waals surface area contributed by atoms with Gasteiger partial charge in [-0.3, -0.25) is 4.90 Å². The molecule has 0 amide bonds. The number of ether oxygens (including phenoxy) is 1. The van der Waals surface area contributed by atoms with Gasteiger partial charge in [0.1, 0.15) is 0 Å². The van der Waals surface area contributed by atoms with Crippen LogP contribution in [0.15, 0.2) is 18.2 Å². The van der Waals surface area contributed by atoms with Crippen molar-refractivity contribution in [2.75, 3.05) is 26.2 Å². The highest BCUT2D eigenvalue weighted by molar-refractivity contribution is 7.90. The second kappa shape index (κ2) is 6.89. The van der Waals surface area contributed by atoms with E-state index in [1.165, 1.54) is 16.7 Å². The number of hydrogen-bond donors (Lipinski definition) is 1. The fourth-order valence-electron chi connectivity index (χ4n) is 4.36. The Morgan fingerprint density at radius 2 is 1.85 bits per heavy atom. The van der Waals surface area contributed by atoms with Crippen LogP contribution in [-0.4, -0.2) is 50.4 Å². The van der Waals surface area contributed by atoms with Crippen LogP contribution in [0.1, 0.15) is 42.4 Å². The summed E-state index contributed by atoms with van der Waals surface area (Å²) in [6.45, 7) is 8.46. The van der Waals surface area contributed by atoms with Crippen LogP contribution in [0.3, 0.4) is 0 Å². The Bertz CT molecular complexity index is 737. The Balaban J connectivity index is 1.22. The van der Waals surface area contributed by atoms with Crippen LogP contribution in [-0.2, 0) is 21.3 Å². The Morgan fingerprint density at radius 3 is 2.42 bits per heavy atom. The van der Waals surface area contributed by atoms with Crippen molar-refractivity contribution in [3.8, 4) is 0 Å². The van der Waals surface area contributed by atoms with Crippen molar-refractivity contribution in [3.63, 3.8) is 0 Å². The molecule has 3 aliphatic rings. The SMILES string of the molecule is Cc1cc(C)cc(CN2CC3(CCC(CNS(=O)(=O)C4CC4)CO3)C2)c1. The summed E-state index contributed by atoms with van der Waals surface area (Å²) in [5.74, 6) is 0.308. The molecule has 1 saturated carbocycles. The number of benzene rings is 1. The second-order valence-electron chi connectivity index (χ2n) is 8.63. The molecular formula is C20H30N2O3S. The van der Waals surface area contributed by atoms with Gasteiger partial charge < -0.3 is 4.74 Å². The van der Waals surface area contributed by atoms with Crippen molar-refractivity contribution < 1.29 is 13.2 Å². The van der Waals surface area contributed by atoms with Crippen molar-refractivity contribution in [1.82, 2.24) is 9.62 Å². The van der Waals surface area contributed by atoms with E-state index in [0.717, 1.165) is 45.3 Å². The topological polar surface area (TPSA) is 58.6 Å². The zero-order valence-corrected chi connectivity index (χ0v) is 16.6. The minimum Gasteiger partial charge on any atom is -0.372 e. The van der Waals surface area contributed by atoms with Gasteiger partial charge in [0.15, 0.2) is 0 Å². The Kier molecular flexibility index (Phi) is 4.88. The molecule has 1 N–H and O–H groups in total. The van der Waals surface area contributed by atoms with Crippen molar-refractivity contribution >= 4 is 10.0 Å². The first-order chi connectivity index (χ1) is 12.3. The number of hydrogen-bond acceptors (Lipinski definition) is 4. The molecule has 4 rings (SSSR count). The molecule has 144 valence electrons. The lowest BCUT2D eigenvalue weighted by atomic mass is 9.82. The maximum Gasteiger partial charge on any atom is 0.214 e. The molecule has 1 spiro atoms. The average molecular weight is 379 g/mol. The molecule has 1 aromatic carbocycles. The van der Waals surface area contributed by atoms with Crippen LogP contribution in [0.25, 0.3) is 0 Å². The van der Waals surface area contributed by atoms with Crippen LogP contribution >= 0.6 is 0 Å². The molecule has 1 unspecified atom stereocenters. The van der Waals surface area contributed by atoms with Gasteiger partial charge in [0.05, 0.1) is 17.5 Å². The predicted octanol–water partition coefficient (Wildman–Crippen LogP) is 2.37. The third-order valence-electron chi connectivity index (χ3n) is 5.88. The van der Waals surface area contributed by atoms with Gasteiger partial charge in [-0.05, 0) is 51.0 Å². The molecule has 2 saturated heterocycles. The van der Waals surface area contributed by atoms with Gasteiger partial charge >= 0.3 is 0 Å². The van der Waals surface area contributed by atoms with Crippen LogP contribution in [0.2, 0.25) is 0 Å². The van der Waals surface area contributed by atoms with Gasteiger partial charge in [-0.2, -0.15) is 0 Å². The Morgan fingerprint density at radius 1 is 1.15 bits per heavy atom. The summed E-state index contributed by atoms with van der Waals surface area (Å²) in [7, 11) is -3.07. The smallest absolute Gasteiger partial charge is 0.214 e. The zero-order valence-electron chi connectivity index (χ0n) is 15.8. The molecule has 26 heavy (non-hydrogen) atoms. The average Bonchev–Trinajstić information content (AvgIpc) is 3.37. The summed E-state index contributed by atoms with van der Waals surface area (Å²) in [5.41, 5.74) is 4.02. The van der Waals surface area contributed by atoms with Gasteiger partial charge in [0.25, 0.3) is 0 Å². The molecule has 0 bridgehead atoms. The summed E-state index contributed by atoms with van der Waals surface area (Å²) in [4.78, 5) is 2.45. The standard InChI is InChI=1S/C20H30N2O3S/c1-15-7-16(2)9-18(8-15)11-22-13-20(14-22)6-5-17(12-25-20)10-21-26(23,24)19-3-4-19/h7-9,17,19,21H,3-6,10-14H2,1-2H3. The van der Waals surface area contributed by atoms with Crippen molar-refractivity contribution in [3.05, 3.63) is 34.9 Å². The van der Waals surface area contributed by atoms with E-state index in [2.05, 4.69) is 41.7 Å². The highest BCUT2D eigenvalue weighted by Gasteiger charge is 2.46. The minimum absolute atomic E-state index is 0.00470. The number of nitrogens with zero attached hydrogens (tertiary/aromatic N) is 1. The number of rotatable bonds is 6. The summed E-state index contributed by atoms with van der Waals surface area (Å²) in [5, 5.41) is -0.135. The lowest BCUT2D eigenvalue weighted by Crippen LogP contribution is -2.64. The maximum atomic E-state index is 11.9. The zero-order chi connectivity index (χ0) is 18.4. The van der Waals surface area contributed by atoms with Gasteiger partial charge in [-0.1, -0.05) is 29.3 Å². The summed E-state index contributed by atoms with van der Waals surface area (Å²) < 4.78 is 32.9. The Labute approximate surface area is 157 Å². The van der Waals surface area contributed by atoms with Crippen LogP contribution < -0.4 is 4.72 Å². The summed E-state index contributed by atoms with van der Waals surface area (Å²) >= 11 is 0. The number of likely N-dealkylation sites (tertiary alicyclic amines) is 1. The van der Waals surface area contributed by atoms with Gasteiger partial charge in [0.2, 0.25) is 10.0 Å². The summed E-state index contributed by atoms with van der Waals surface area (Å²) in [6, 6.07) is 6.74. The first-order valence-corrected chi connectivity index (χ1v) is 11.3. The molecule has 6 heteroatoms. The molecule has 2 aliphatic heterocycles. The molecular weight excluding hydrogens is 348 g/mol. The normalized spacial score (nSPS) is 26.0. The predicted molar refractivity (Wildman–Crippen MR) is 103 cm³/mol. The van der Waals surface area contributed by atoms with Crippen LogP contribution in [0.5, 0.6) is 0 Å². The monoisotopic (exact) mass is 378 g/mol. The first kappa shape index (κ1) is 18.4. The van der Waals surface area contributed by atoms with E-state index < -0.39 is 10.0 Å². The van der Waals surface area contributed by atoms with Gasteiger partial charge in [0, 0.05) is 26.2 Å². The van der Waals surface area contributed by atoms with Crippen molar-refractivity contribution in [2.45, 2.75) is 56.9 Å². The molecule has 3 fully saturated rings. The number of nitrogens with one attached hydrogen (secondary N) is 1. The largest absolute Gasteiger partial charge is 0.372 e. The summed E-state index contributed by atoms with van der Waals surface area (Å²) in [6.07, 6.45) is 3.71. The highest BCUT2D eigenvalue weighted by Crippen LogP contribution is 2.37. The van der Waals surface area contributed by atoms with E-state index in [-0.39, 0.29) is 10.9 Å². The van der Waals surface area contributed by atoms with E-state index in [0.29, 0.717) is 19.1 Å². The molecule has 0 aromatic heterocycles. The lowest BCUT2D eigenvalue weighted by molar-refractivity contribution is -0.181. The van der Waals surface area contributed by atoms with Crippen molar-refractivity contribution in [2.24, 2.45) is 5.92 Å². The Hall–Kier alpha value is -0.950. The van der Waals surface area contributed by atoms with E-state index in [1.54, 1.807) is 0 Å². The van der Waals surface area contributed by atoms with Crippen LogP contribution in [0, 0.1) is 19.8 Å². The van der Waals surface area contributed by atoms with E-state index in [9.17, 15) is 8.42 Å². The molecule has 1 aromatic rings. The van der Waals surface area contributed by atoms with E-state index >= 15 is 0 Å². The molecule has 1 atom stereocenters. The molecule has 0 radical (unpaired) electrons. The third kappa shape index (κ3) is 4.14. The van der Waals surface area contributed by atoms with Gasteiger partial charge in [-0.15, -0.1) is 0 Å².